The van der Waals surface area contributed by atoms with E-state index in [0.717, 1.165) is 0 Å². The zero-order valence-corrected chi connectivity index (χ0v) is 18.1. The molecule has 0 fully saturated rings. The van der Waals surface area contributed by atoms with Gasteiger partial charge in [0, 0.05) is 5.02 Å². The Balaban J connectivity index is 1.75. The maximum Gasteiger partial charge on any atom is 0.279 e. The van der Waals surface area contributed by atoms with Crippen LogP contribution in [-0.4, -0.2) is 24.5 Å². The van der Waals surface area contributed by atoms with Crippen molar-refractivity contribution in [3.63, 3.8) is 0 Å². The van der Waals surface area contributed by atoms with E-state index in [4.69, 9.17) is 21.1 Å². The van der Waals surface area contributed by atoms with E-state index in [1.54, 1.807) is 37.3 Å². The minimum Gasteiger partial charge on any atom is -0.484 e. The van der Waals surface area contributed by atoms with Crippen LogP contribution in [0.5, 0.6) is 11.5 Å². The predicted octanol–water partition coefficient (Wildman–Crippen LogP) is 4.22. The van der Waals surface area contributed by atoms with Gasteiger partial charge >= 0.3 is 0 Å². The highest BCUT2D eigenvalue weighted by Gasteiger charge is 2.17. The lowest BCUT2D eigenvalue weighted by atomic mass is 10.0. The Labute approximate surface area is 177 Å². The van der Waals surface area contributed by atoms with E-state index in [1.165, 1.54) is 5.56 Å². The Morgan fingerprint density at radius 2 is 1.75 bits per heavy atom. The van der Waals surface area contributed by atoms with Crippen molar-refractivity contribution >= 4 is 39.3 Å². The van der Waals surface area contributed by atoms with Gasteiger partial charge < -0.3 is 9.47 Å². The average Bonchev–Trinajstić information content (AvgIpc) is 2.66. The van der Waals surface area contributed by atoms with Gasteiger partial charge in [0.1, 0.15) is 11.5 Å². The molecule has 0 saturated heterocycles. The predicted molar refractivity (Wildman–Crippen MR) is 112 cm³/mol. The Kier molecular flexibility index (Phi) is 8.14. The van der Waals surface area contributed by atoms with Gasteiger partial charge in [-0.2, -0.15) is 0 Å². The number of hydrogen-bond donors (Lipinski definition) is 2. The Morgan fingerprint density at radius 3 is 2.36 bits per heavy atom. The fraction of sp³-hybridized carbons (Fsp3) is 0.300. The summed E-state index contributed by atoms with van der Waals surface area (Å²) < 4.78 is 11.6. The van der Waals surface area contributed by atoms with Gasteiger partial charge in [0.2, 0.25) is 0 Å². The Hall–Kier alpha value is -2.25. The van der Waals surface area contributed by atoms with E-state index in [1.807, 2.05) is 12.1 Å². The molecule has 2 rings (SSSR count). The largest absolute Gasteiger partial charge is 0.484 e. The molecule has 0 bridgehead atoms. The average molecular weight is 470 g/mol. The molecule has 0 saturated carbocycles. The third kappa shape index (κ3) is 6.73. The maximum atomic E-state index is 12.1. The van der Waals surface area contributed by atoms with Crippen molar-refractivity contribution in [1.29, 1.82) is 0 Å². The summed E-state index contributed by atoms with van der Waals surface area (Å²) >= 11 is 9.19. The minimum atomic E-state index is -0.831. The van der Waals surface area contributed by atoms with Crippen molar-refractivity contribution in [1.82, 2.24) is 10.9 Å². The van der Waals surface area contributed by atoms with Gasteiger partial charge in [-0.1, -0.05) is 37.6 Å². The van der Waals surface area contributed by atoms with Crippen LogP contribution in [0.25, 0.3) is 0 Å². The highest BCUT2D eigenvalue weighted by atomic mass is 79.9. The summed E-state index contributed by atoms with van der Waals surface area (Å²) in [6.07, 6.45) is -0.831. The van der Waals surface area contributed by atoms with Gasteiger partial charge in [-0.15, -0.1) is 0 Å². The summed E-state index contributed by atoms with van der Waals surface area (Å²) in [5.74, 6) is 0.477. The first-order valence-electron chi connectivity index (χ1n) is 8.69. The fourth-order valence-electron chi connectivity index (χ4n) is 2.18. The van der Waals surface area contributed by atoms with Crippen molar-refractivity contribution in [2.45, 2.75) is 32.8 Å². The molecule has 1 atom stereocenters. The number of carbonyl (C=O) groups is 2. The second-order valence-corrected chi connectivity index (χ2v) is 7.68. The maximum absolute atomic E-state index is 12.1. The SMILES string of the molecule is CC(Oc1ccc(Cl)cc1Br)C(=O)NNC(=O)COc1ccc(C(C)C)cc1. The molecule has 8 heteroatoms. The smallest absolute Gasteiger partial charge is 0.279 e. The number of ether oxygens (including phenoxy) is 2. The molecule has 1 unspecified atom stereocenters. The van der Waals surface area contributed by atoms with Crippen LogP contribution >= 0.6 is 27.5 Å². The molecule has 2 amide bonds. The monoisotopic (exact) mass is 468 g/mol. The zero-order chi connectivity index (χ0) is 20.7. The van der Waals surface area contributed by atoms with E-state index in [-0.39, 0.29) is 6.61 Å². The molecular formula is C20H22BrClN2O4. The Bertz CT molecular complexity index is 827. The van der Waals surface area contributed by atoms with Gasteiger partial charge in [-0.25, -0.2) is 0 Å². The van der Waals surface area contributed by atoms with Crippen LogP contribution in [0.2, 0.25) is 5.02 Å². The fourth-order valence-corrected chi connectivity index (χ4v) is 2.96. The third-order valence-electron chi connectivity index (χ3n) is 3.81. The van der Waals surface area contributed by atoms with Gasteiger partial charge in [0.15, 0.2) is 12.7 Å². The van der Waals surface area contributed by atoms with Crippen LogP contribution < -0.4 is 20.3 Å². The number of nitrogens with one attached hydrogen (secondary N) is 2. The summed E-state index contributed by atoms with van der Waals surface area (Å²) in [5, 5.41) is 0.544. The molecule has 0 spiro atoms. The number of benzene rings is 2. The number of amides is 2. The molecule has 28 heavy (non-hydrogen) atoms. The third-order valence-corrected chi connectivity index (χ3v) is 4.66. The van der Waals surface area contributed by atoms with Crippen molar-refractivity contribution in [3.05, 3.63) is 57.5 Å². The highest BCUT2D eigenvalue weighted by Crippen LogP contribution is 2.28. The molecule has 0 aliphatic heterocycles. The molecule has 2 N–H and O–H groups in total. The standard InChI is InChI=1S/C20H22BrClN2O4/c1-12(2)14-4-7-16(8-5-14)27-11-19(25)23-24-20(26)13(3)28-18-9-6-15(22)10-17(18)21/h4-10,12-13H,11H2,1-3H3,(H,23,25)(H,24,26). The van der Waals surface area contributed by atoms with E-state index >= 15 is 0 Å². The molecule has 0 radical (unpaired) electrons. The van der Waals surface area contributed by atoms with E-state index in [9.17, 15) is 9.59 Å². The molecule has 2 aromatic rings. The molecular weight excluding hydrogens is 448 g/mol. The van der Waals surface area contributed by atoms with E-state index in [2.05, 4.69) is 40.6 Å². The number of halogens is 2. The highest BCUT2D eigenvalue weighted by molar-refractivity contribution is 9.10. The first-order valence-corrected chi connectivity index (χ1v) is 9.86. The number of hydrazine groups is 1. The molecule has 2 aromatic carbocycles. The van der Waals surface area contributed by atoms with Crippen LogP contribution in [0.3, 0.4) is 0 Å². The lowest BCUT2D eigenvalue weighted by Gasteiger charge is -2.16. The van der Waals surface area contributed by atoms with Gasteiger partial charge in [-0.05, 0) is 64.7 Å². The number of rotatable bonds is 7. The normalized spacial score (nSPS) is 11.6. The number of hydrogen-bond acceptors (Lipinski definition) is 4. The first-order chi connectivity index (χ1) is 13.3. The van der Waals surface area contributed by atoms with Crippen LogP contribution in [0.1, 0.15) is 32.3 Å². The topological polar surface area (TPSA) is 76.7 Å². The van der Waals surface area contributed by atoms with Crippen LogP contribution in [-0.2, 0) is 9.59 Å². The van der Waals surface area contributed by atoms with Crippen LogP contribution in [0.15, 0.2) is 46.9 Å². The first kappa shape index (κ1) is 22.0. The van der Waals surface area contributed by atoms with Crippen molar-refractivity contribution in [2.75, 3.05) is 6.61 Å². The summed E-state index contributed by atoms with van der Waals surface area (Å²) in [6, 6.07) is 12.5. The van der Waals surface area contributed by atoms with Gasteiger partial charge in [0.25, 0.3) is 11.8 Å². The van der Waals surface area contributed by atoms with Crippen LogP contribution in [0, 0.1) is 0 Å². The second kappa shape index (κ2) is 10.3. The van der Waals surface area contributed by atoms with E-state index in [0.29, 0.717) is 26.9 Å². The molecule has 0 aliphatic carbocycles. The minimum absolute atomic E-state index is 0.223. The molecule has 0 aliphatic rings. The Morgan fingerprint density at radius 1 is 1.07 bits per heavy atom. The van der Waals surface area contributed by atoms with Gasteiger partial charge in [-0.3, -0.25) is 20.4 Å². The molecule has 150 valence electrons. The molecule has 0 aromatic heterocycles. The van der Waals surface area contributed by atoms with E-state index < -0.39 is 17.9 Å². The van der Waals surface area contributed by atoms with Crippen molar-refractivity contribution in [3.8, 4) is 11.5 Å². The second-order valence-electron chi connectivity index (χ2n) is 6.38. The quantitative estimate of drug-likeness (QED) is 0.595. The van der Waals surface area contributed by atoms with Gasteiger partial charge in [0.05, 0.1) is 4.47 Å². The lowest BCUT2D eigenvalue weighted by Crippen LogP contribution is -2.48. The van der Waals surface area contributed by atoms with Crippen molar-refractivity contribution < 1.29 is 19.1 Å². The lowest BCUT2D eigenvalue weighted by molar-refractivity contribution is -0.133. The summed E-state index contributed by atoms with van der Waals surface area (Å²) in [4.78, 5) is 23.9. The molecule has 6 nitrogen and oxygen atoms in total. The summed E-state index contributed by atoms with van der Waals surface area (Å²) in [7, 11) is 0. The number of carbonyl (C=O) groups excluding carboxylic acids is 2. The molecule has 0 heterocycles. The van der Waals surface area contributed by atoms with Crippen molar-refractivity contribution in [2.24, 2.45) is 0 Å². The zero-order valence-electron chi connectivity index (χ0n) is 15.8. The summed E-state index contributed by atoms with van der Waals surface area (Å²) in [5.41, 5.74) is 5.79. The summed E-state index contributed by atoms with van der Waals surface area (Å²) in [6.45, 7) is 5.54. The van der Waals surface area contributed by atoms with Crippen LogP contribution in [0.4, 0.5) is 0 Å².